The quantitative estimate of drug-likeness (QED) is 0.554. The summed E-state index contributed by atoms with van der Waals surface area (Å²) in [5, 5.41) is 9.04. The highest BCUT2D eigenvalue weighted by Gasteiger charge is 2.07. The SMILES string of the molecule is CCOCCN(C)c1ccc(C=O)cc1C#N. The fraction of sp³-hybridized carbons (Fsp3) is 0.385. The molecule has 0 N–H and O–H groups in total. The van der Waals surface area contributed by atoms with Crippen LogP contribution in [0.25, 0.3) is 0 Å². The molecule has 0 fully saturated rings. The van der Waals surface area contributed by atoms with Crippen molar-refractivity contribution in [3.8, 4) is 6.07 Å². The van der Waals surface area contributed by atoms with Crippen molar-refractivity contribution in [3.05, 3.63) is 29.3 Å². The van der Waals surface area contributed by atoms with Crippen LogP contribution in [0.2, 0.25) is 0 Å². The van der Waals surface area contributed by atoms with E-state index in [1.54, 1.807) is 18.2 Å². The highest BCUT2D eigenvalue weighted by molar-refractivity contribution is 5.78. The minimum absolute atomic E-state index is 0.508. The summed E-state index contributed by atoms with van der Waals surface area (Å²) in [6.45, 7) is 3.96. The molecule has 0 heterocycles. The molecule has 1 aromatic rings. The number of nitrogens with zero attached hydrogens (tertiary/aromatic N) is 2. The lowest BCUT2D eigenvalue weighted by Crippen LogP contribution is -2.23. The number of aldehydes is 1. The maximum Gasteiger partial charge on any atom is 0.150 e. The summed E-state index contributed by atoms with van der Waals surface area (Å²) in [6.07, 6.45) is 0.741. The van der Waals surface area contributed by atoms with E-state index in [0.717, 1.165) is 12.0 Å². The van der Waals surface area contributed by atoms with Crippen LogP contribution in [0.15, 0.2) is 18.2 Å². The molecule has 4 nitrogen and oxygen atoms in total. The predicted molar refractivity (Wildman–Crippen MR) is 66.3 cm³/mol. The second-order valence-corrected chi connectivity index (χ2v) is 3.62. The van der Waals surface area contributed by atoms with Gasteiger partial charge in [-0.15, -0.1) is 0 Å². The summed E-state index contributed by atoms with van der Waals surface area (Å²) < 4.78 is 5.26. The molecule has 90 valence electrons. The van der Waals surface area contributed by atoms with Crippen LogP contribution in [-0.2, 0) is 4.74 Å². The number of rotatable bonds is 6. The number of carbonyl (C=O) groups excluding carboxylic acids is 1. The van der Waals surface area contributed by atoms with Crippen molar-refractivity contribution in [2.24, 2.45) is 0 Å². The maximum atomic E-state index is 10.6. The molecule has 0 radical (unpaired) electrons. The molecule has 1 aromatic carbocycles. The van der Waals surface area contributed by atoms with Crippen LogP contribution in [0.3, 0.4) is 0 Å². The number of hydrogen-bond acceptors (Lipinski definition) is 4. The summed E-state index contributed by atoms with van der Waals surface area (Å²) in [5.41, 5.74) is 1.84. The summed E-state index contributed by atoms with van der Waals surface area (Å²) in [6, 6.07) is 7.19. The molecule has 0 aliphatic carbocycles. The van der Waals surface area contributed by atoms with Crippen LogP contribution in [0.5, 0.6) is 0 Å². The second kappa shape index (κ2) is 6.66. The van der Waals surface area contributed by atoms with E-state index in [-0.39, 0.29) is 0 Å². The van der Waals surface area contributed by atoms with Gasteiger partial charge in [-0.3, -0.25) is 4.79 Å². The van der Waals surface area contributed by atoms with E-state index in [4.69, 9.17) is 10.00 Å². The lowest BCUT2D eigenvalue weighted by Gasteiger charge is -2.20. The van der Waals surface area contributed by atoms with Crippen molar-refractivity contribution in [1.82, 2.24) is 0 Å². The molecule has 17 heavy (non-hydrogen) atoms. The Balaban J connectivity index is 2.82. The van der Waals surface area contributed by atoms with Crippen molar-refractivity contribution in [2.45, 2.75) is 6.92 Å². The van der Waals surface area contributed by atoms with Crippen LogP contribution in [0, 0.1) is 11.3 Å². The Morgan fingerprint density at radius 2 is 2.29 bits per heavy atom. The van der Waals surface area contributed by atoms with Gasteiger partial charge < -0.3 is 9.64 Å². The third kappa shape index (κ3) is 3.58. The van der Waals surface area contributed by atoms with Crippen molar-refractivity contribution < 1.29 is 9.53 Å². The van der Waals surface area contributed by atoms with Crippen LogP contribution >= 0.6 is 0 Å². The van der Waals surface area contributed by atoms with Crippen LogP contribution < -0.4 is 4.90 Å². The zero-order valence-electron chi connectivity index (χ0n) is 10.1. The minimum atomic E-state index is 0.508. The Hall–Kier alpha value is -1.86. The van der Waals surface area contributed by atoms with Crippen molar-refractivity contribution in [2.75, 3.05) is 31.7 Å². The molecule has 4 heteroatoms. The van der Waals surface area contributed by atoms with Crippen LogP contribution in [0.1, 0.15) is 22.8 Å². The average Bonchev–Trinajstić information content (AvgIpc) is 2.38. The normalized spacial score (nSPS) is 9.71. The molecule has 0 amide bonds. The summed E-state index contributed by atoms with van der Waals surface area (Å²) in [5.74, 6) is 0. The largest absolute Gasteiger partial charge is 0.380 e. The van der Waals surface area contributed by atoms with Crippen LogP contribution in [0.4, 0.5) is 5.69 Å². The van der Waals surface area contributed by atoms with Gasteiger partial charge in [-0.2, -0.15) is 5.26 Å². The number of nitriles is 1. The Bertz CT molecular complexity index is 424. The van der Waals surface area contributed by atoms with Gasteiger partial charge in [-0.25, -0.2) is 0 Å². The summed E-state index contributed by atoms with van der Waals surface area (Å²) in [4.78, 5) is 12.6. The van der Waals surface area contributed by atoms with Gasteiger partial charge in [0, 0.05) is 25.8 Å². The molecule has 0 unspecified atom stereocenters. The fourth-order valence-corrected chi connectivity index (χ4v) is 1.52. The number of anilines is 1. The monoisotopic (exact) mass is 232 g/mol. The molecule has 0 spiro atoms. The van der Waals surface area contributed by atoms with Crippen molar-refractivity contribution in [1.29, 1.82) is 5.26 Å². The van der Waals surface area contributed by atoms with E-state index in [1.807, 2.05) is 18.9 Å². The molecule has 0 aliphatic heterocycles. The topological polar surface area (TPSA) is 53.3 Å². The molecule has 0 saturated heterocycles. The third-order valence-electron chi connectivity index (χ3n) is 2.46. The Labute approximate surface area is 101 Å². The van der Waals surface area contributed by atoms with Gasteiger partial charge in [0.1, 0.15) is 12.4 Å². The van der Waals surface area contributed by atoms with Crippen LogP contribution in [-0.4, -0.2) is 33.1 Å². The first-order chi connectivity index (χ1) is 8.22. The lowest BCUT2D eigenvalue weighted by molar-refractivity contribution is 0.112. The van der Waals surface area contributed by atoms with Gasteiger partial charge in [0.25, 0.3) is 0 Å². The second-order valence-electron chi connectivity index (χ2n) is 3.62. The number of likely N-dealkylation sites (N-methyl/N-ethyl adjacent to an activating group) is 1. The Morgan fingerprint density at radius 3 is 2.88 bits per heavy atom. The predicted octanol–water partition coefficient (Wildman–Crippen LogP) is 1.84. The zero-order valence-corrected chi connectivity index (χ0v) is 10.1. The van der Waals surface area contributed by atoms with Crippen molar-refractivity contribution in [3.63, 3.8) is 0 Å². The summed E-state index contributed by atoms with van der Waals surface area (Å²) >= 11 is 0. The molecule has 0 aromatic heterocycles. The zero-order chi connectivity index (χ0) is 12.7. The highest BCUT2D eigenvalue weighted by Crippen LogP contribution is 2.19. The van der Waals surface area contributed by atoms with Gasteiger partial charge in [-0.05, 0) is 25.1 Å². The smallest absolute Gasteiger partial charge is 0.150 e. The van der Waals surface area contributed by atoms with E-state index in [1.165, 1.54) is 0 Å². The van der Waals surface area contributed by atoms with Gasteiger partial charge in [-0.1, -0.05) is 0 Å². The Kier molecular flexibility index (Phi) is 5.18. The first-order valence-electron chi connectivity index (χ1n) is 5.51. The van der Waals surface area contributed by atoms with Gasteiger partial charge >= 0.3 is 0 Å². The molecular formula is C13H16N2O2. The van der Waals surface area contributed by atoms with Gasteiger partial charge in [0.2, 0.25) is 0 Å². The number of hydrogen-bond donors (Lipinski definition) is 0. The van der Waals surface area contributed by atoms with E-state index < -0.39 is 0 Å². The van der Waals surface area contributed by atoms with Gasteiger partial charge in [0.05, 0.1) is 17.9 Å². The number of carbonyl (C=O) groups is 1. The van der Waals surface area contributed by atoms with E-state index in [2.05, 4.69) is 6.07 Å². The highest BCUT2D eigenvalue weighted by atomic mass is 16.5. The molecular weight excluding hydrogens is 216 g/mol. The first kappa shape index (κ1) is 13.2. The third-order valence-corrected chi connectivity index (χ3v) is 2.46. The standard InChI is InChI=1S/C13H16N2O2/c1-3-17-7-6-15(2)13-5-4-11(10-16)8-12(13)9-14/h4-5,8,10H,3,6-7H2,1-2H3. The van der Waals surface area contributed by atoms with E-state index in [0.29, 0.717) is 30.9 Å². The van der Waals surface area contributed by atoms with E-state index in [9.17, 15) is 4.79 Å². The fourth-order valence-electron chi connectivity index (χ4n) is 1.52. The average molecular weight is 232 g/mol. The minimum Gasteiger partial charge on any atom is -0.380 e. The summed E-state index contributed by atoms with van der Waals surface area (Å²) in [7, 11) is 1.90. The number of benzene rings is 1. The maximum absolute atomic E-state index is 10.6. The lowest BCUT2D eigenvalue weighted by atomic mass is 10.1. The Morgan fingerprint density at radius 1 is 1.53 bits per heavy atom. The van der Waals surface area contributed by atoms with E-state index >= 15 is 0 Å². The first-order valence-corrected chi connectivity index (χ1v) is 5.51. The van der Waals surface area contributed by atoms with Gasteiger partial charge in [0.15, 0.2) is 0 Å². The number of ether oxygens (including phenoxy) is 1. The molecule has 0 aliphatic rings. The molecule has 0 bridgehead atoms. The van der Waals surface area contributed by atoms with Crippen molar-refractivity contribution >= 4 is 12.0 Å². The molecule has 1 rings (SSSR count). The molecule has 0 atom stereocenters. The molecule has 0 saturated carbocycles.